The van der Waals surface area contributed by atoms with Crippen LogP contribution < -0.4 is 11.1 Å². The molecule has 21 heavy (non-hydrogen) atoms. The Balaban J connectivity index is 2.23. The van der Waals surface area contributed by atoms with Gasteiger partial charge in [0.2, 0.25) is 5.91 Å². The molecule has 0 spiro atoms. The van der Waals surface area contributed by atoms with Crippen LogP contribution in [0.4, 0.5) is 5.69 Å². The van der Waals surface area contributed by atoms with Crippen LogP contribution in [0, 0.1) is 28.6 Å². The van der Waals surface area contributed by atoms with Crippen LogP contribution in [0.15, 0.2) is 18.2 Å². The predicted molar refractivity (Wildman–Crippen MR) is 87.1 cm³/mol. The summed E-state index contributed by atoms with van der Waals surface area (Å²) < 4.78 is 0. The van der Waals surface area contributed by atoms with Gasteiger partial charge in [-0.1, -0.05) is 51.1 Å². The van der Waals surface area contributed by atoms with Gasteiger partial charge >= 0.3 is 0 Å². The predicted octanol–water partition coefficient (Wildman–Crippen LogP) is 3.27. The molecule has 1 aromatic rings. The van der Waals surface area contributed by atoms with Crippen LogP contribution in [0.5, 0.6) is 0 Å². The van der Waals surface area contributed by atoms with E-state index < -0.39 is 0 Å². The number of carbonyl (C=O) groups excluding carboxylic acids is 1. The van der Waals surface area contributed by atoms with E-state index in [0.29, 0.717) is 16.3 Å². The first-order valence-electron chi connectivity index (χ1n) is 7.01. The van der Waals surface area contributed by atoms with Gasteiger partial charge in [0.25, 0.3) is 0 Å². The van der Waals surface area contributed by atoms with Crippen molar-refractivity contribution in [2.45, 2.75) is 27.7 Å². The van der Waals surface area contributed by atoms with Gasteiger partial charge in [-0.2, -0.15) is 0 Å². The highest BCUT2D eigenvalue weighted by Gasteiger charge is 2.68. The lowest BCUT2D eigenvalue weighted by atomic mass is 10.0. The van der Waals surface area contributed by atoms with E-state index in [2.05, 4.69) is 44.9 Å². The Morgan fingerprint density at radius 3 is 2.48 bits per heavy atom. The van der Waals surface area contributed by atoms with Crippen LogP contribution >= 0.6 is 11.6 Å². The zero-order chi connectivity index (χ0) is 15.8. The number of hydrogen-bond acceptors (Lipinski definition) is 2. The minimum atomic E-state index is -0.00371. The summed E-state index contributed by atoms with van der Waals surface area (Å²) in [5.41, 5.74) is 6.79. The number of nitrogens with one attached hydrogen (secondary N) is 1. The molecule has 0 unspecified atom stereocenters. The maximum atomic E-state index is 12.5. The SMILES string of the molecule is CC1(C)C(C(=O)Nc2ccc(Cl)cc2C#CCN)C1(C)C. The van der Waals surface area contributed by atoms with Crippen molar-refractivity contribution >= 4 is 23.2 Å². The molecule has 1 fully saturated rings. The summed E-state index contributed by atoms with van der Waals surface area (Å²) in [6.45, 7) is 8.74. The van der Waals surface area contributed by atoms with Gasteiger partial charge in [0.15, 0.2) is 0 Å². The third-order valence-electron chi connectivity index (χ3n) is 4.85. The zero-order valence-corrected chi connectivity index (χ0v) is 13.6. The summed E-state index contributed by atoms with van der Waals surface area (Å²) >= 11 is 5.99. The lowest BCUT2D eigenvalue weighted by molar-refractivity contribution is -0.118. The molecule has 0 radical (unpaired) electrons. The molecule has 0 heterocycles. The van der Waals surface area contributed by atoms with Gasteiger partial charge in [0.1, 0.15) is 0 Å². The molecule has 1 aromatic carbocycles. The highest BCUT2D eigenvalue weighted by Crippen LogP contribution is 2.68. The van der Waals surface area contributed by atoms with Crippen molar-refractivity contribution in [3.63, 3.8) is 0 Å². The molecule has 1 aliphatic rings. The zero-order valence-electron chi connectivity index (χ0n) is 12.9. The number of anilines is 1. The fourth-order valence-electron chi connectivity index (χ4n) is 2.93. The smallest absolute Gasteiger partial charge is 0.228 e. The maximum Gasteiger partial charge on any atom is 0.228 e. The fraction of sp³-hybridized carbons (Fsp3) is 0.471. The van der Waals surface area contributed by atoms with Crippen LogP contribution in [0.25, 0.3) is 0 Å². The molecule has 1 saturated carbocycles. The molecule has 0 bridgehead atoms. The lowest BCUT2D eigenvalue weighted by Crippen LogP contribution is -2.18. The summed E-state index contributed by atoms with van der Waals surface area (Å²) in [7, 11) is 0. The molecule has 2 rings (SSSR count). The molecule has 0 aromatic heterocycles. The second-order valence-corrected chi connectivity index (χ2v) is 7.00. The van der Waals surface area contributed by atoms with Crippen molar-refractivity contribution in [1.82, 2.24) is 0 Å². The molecule has 3 nitrogen and oxygen atoms in total. The van der Waals surface area contributed by atoms with Crippen molar-refractivity contribution in [3.05, 3.63) is 28.8 Å². The monoisotopic (exact) mass is 304 g/mol. The number of nitrogens with two attached hydrogens (primary N) is 1. The van der Waals surface area contributed by atoms with E-state index in [1.54, 1.807) is 18.2 Å². The number of benzene rings is 1. The van der Waals surface area contributed by atoms with E-state index >= 15 is 0 Å². The Labute approximate surface area is 131 Å². The van der Waals surface area contributed by atoms with Crippen molar-refractivity contribution in [3.8, 4) is 11.8 Å². The molecule has 0 aliphatic heterocycles. The molecule has 3 N–H and O–H groups in total. The van der Waals surface area contributed by atoms with Gasteiger partial charge in [-0.3, -0.25) is 4.79 Å². The van der Waals surface area contributed by atoms with Crippen LogP contribution in [-0.2, 0) is 4.79 Å². The van der Waals surface area contributed by atoms with Crippen molar-refractivity contribution in [2.75, 3.05) is 11.9 Å². The molecular formula is C17H21ClN2O. The highest BCUT2D eigenvalue weighted by molar-refractivity contribution is 6.30. The number of halogens is 1. The fourth-order valence-corrected chi connectivity index (χ4v) is 3.10. The minimum Gasteiger partial charge on any atom is -0.325 e. The molecule has 112 valence electrons. The van der Waals surface area contributed by atoms with Gasteiger partial charge in [-0.25, -0.2) is 0 Å². The number of hydrogen-bond donors (Lipinski definition) is 2. The average Bonchev–Trinajstić information content (AvgIpc) is 2.80. The number of amides is 1. The summed E-state index contributed by atoms with van der Waals surface area (Å²) in [4.78, 5) is 12.5. The summed E-state index contributed by atoms with van der Waals surface area (Å²) in [6.07, 6.45) is 0. The van der Waals surface area contributed by atoms with Gasteiger partial charge in [-0.05, 0) is 29.0 Å². The van der Waals surface area contributed by atoms with E-state index in [9.17, 15) is 4.79 Å². The molecule has 1 aliphatic carbocycles. The topological polar surface area (TPSA) is 55.1 Å². The Morgan fingerprint density at radius 2 is 1.95 bits per heavy atom. The lowest BCUT2D eigenvalue weighted by Gasteiger charge is -2.09. The maximum absolute atomic E-state index is 12.5. The number of carbonyl (C=O) groups is 1. The molecule has 0 atom stereocenters. The highest BCUT2D eigenvalue weighted by atomic mass is 35.5. The van der Waals surface area contributed by atoms with E-state index in [0.717, 1.165) is 0 Å². The molecular weight excluding hydrogens is 284 g/mol. The van der Waals surface area contributed by atoms with Crippen molar-refractivity contribution in [1.29, 1.82) is 0 Å². The molecule has 1 amide bonds. The molecule has 0 saturated heterocycles. The normalized spacial score (nSPS) is 18.6. The van der Waals surface area contributed by atoms with E-state index in [4.69, 9.17) is 17.3 Å². The standard InChI is InChI=1S/C17H21ClN2O/c1-16(2)14(17(16,3)4)15(21)20-13-8-7-12(18)10-11(13)6-5-9-19/h7-8,10,14H,9,19H2,1-4H3,(H,20,21). The van der Waals surface area contributed by atoms with Crippen LogP contribution in [0.3, 0.4) is 0 Å². The summed E-state index contributed by atoms with van der Waals surface area (Å²) in [5, 5.41) is 3.56. The van der Waals surface area contributed by atoms with Crippen molar-refractivity contribution < 1.29 is 4.79 Å². The van der Waals surface area contributed by atoms with Crippen LogP contribution in [0.2, 0.25) is 5.02 Å². The van der Waals surface area contributed by atoms with Gasteiger partial charge in [-0.15, -0.1) is 0 Å². The second kappa shape index (κ2) is 5.36. The second-order valence-electron chi connectivity index (χ2n) is 6.56. The van der Waals surface area contributed by atoms with Crippen molar-refractivity contribution in [2.24, 2.45) is 22.5 Å². The van der Waals surface area contributed by atoms with Gasteiger partial charge in [0.05, 0.1) is 12.2 Å². The Hall–Kier alpha value is -1.50. The average molecular weight is 305 g/mol. The summed E-state index contributed by atoms with van der Waals surface area (Å²) in [5.74, 6) is 5.76. The van der Waals surface area contributed by atoms with Gasteiger partial charge in [0, 0.05) is 16.5 Å². The third kappa shape index (κ3) is 2.79. The van der Waals surface area contributed by atoms with Crippen LogP contribution in [-0.4, -0.2) is 12.5 Å². The largest absolute Gasteiger partial charge is 0.325 e. The van der Waals surface area contributed by atoms with E-state index in [-0.39, 0.29) is 29.2 Å². The van der Waals surface area contributed by atoms with E-state index in [1.807, 2.05) is 0 Å². The van der Waals surface area contributed by atoms with Crippen LogP contribution in [0.1, 0.15) is 33.3 Å². The summed E-state index contributed by atoms with van der Waals surface area (Å²) in [6, 6.07) is 5.26. The third-order valence-corrected chi connectivity index (χ3v) is 5.08. The first kappa shape index (κ1) is 15.9. The number of rotatable bonds is 2. The van der Waals surface area contributed by atoms with Gasteiger partial charge < -0.3 is 11.1 Å². The Kier molecular flexibility index (Phi) is 4.06. The molecule has 4 heteroatoms. The first-order chi connectivity index (χ1) is 9.71. The Bertz CT molecular complexity index is 624. The minimum absolute atomic E-state index is 0.00371. The Morgan fingerprint density at radius 1 is 1.33 bits per heavy atom. The van der Waals surface area contributed by atoms with E-state index in [1.165, 1.54) is 0 Å². The first-order valence-corrected chi connectivity index (χ1v) is 7.39. The quantitative estimate of drug-likeness (QED) is 0.824.